The molecule has 0 aliphatic carbocycles. The van der Waals surface area contributed by atoms with Crippen molar-refractivity contribution in [2.24, 2.45) is 0 Å². The molecule has 0 unspecified atom stereocenters. The molecule has 0 saturated carbocycles. The van der Waals surface area contributed by atoms with E-state index in [2.05, 4.69) is 34.3 Å². The number of aromatic nitrogens is 1. The Kier molecular flexibility index (Phi) is 2.10. The first-order chi connectivity index (χ1) is 7.45. The van der Waals surface area contributed by atoms with E-state index < -0.39 is 0 Å². The highest BCUT2D eigenvalue weighted by Crippen LogP contribution is 2.26. The smallest absolute Gasteiger partial charge is 0.0890 e. The first-order valence-corrected chi connectivity index (χ1v) is 5.26. The van der Waals surface area contributed by atoms with Gasteiger partial charge in [-0.2, -0.15) is 0 Å². The van der Waals surface area contributed by atoms with Crippen molar-refractivity contribution in [3.05, 3.63) is 30.5 Å². The summed E-state index contributed by atoms with van der Waals surface area (Å²) in [5.74, 6) is 0. The number of morpholine rings is 1. The first-order valence-electron chi connectivity index (χ1n) is 5.26. The van der Waals surface area contributed by atoms with Crippen LogP contribution in [0.1, 0.15) is 0 Å². The molecule has 1 aliphatic rings. The minimum absolute atomic E-state index is 0.813. The van der Waals surface area contributed by atoms with Crippen molar-refractivity contribution in [3.8, 4) is 0 Å². The van der Waals surface area contributed by atoms with Crippen LogP contribution < -0.4 is 4.90 Å². The van der Waals surface area contributed by atoms with Gasteiger partial charge in [0, 0.05) is 24.0 Å². The summed E-state index contributed by atoms with van der Waals surface area (Å²) in [5.41, 5.74) is 2.33. The molecule has 3 rings (SSSR count). The number of H-pyrrole nitrogens is 1. The zero-order valence-electron chi connectivity index (χ0n) is 8.49. The van der Waals surface area contributed by atoms with E-state index in [-0.39, 0.29) is 0 Å². The highest BCUT2D eigenvalue weighted by Gasteiger charge is 2.14. The Morgan fingerprint density at radius 2 is 2.00 bits per heavy atom. The molecule has 0 bridgehead atoms. The minimum Gasteiger partial charge on any atom is -0.378 e. The van der Waals surface area contributed by atoms with Gasteiger partial charge in [-0.15, -0.1) is 0 Å². The summed E-state index contributed by atoms with van der Waals surface area (Å²) < 4.78 is 5.34. The summed E-state index contributed by atoms with van der Waals surface area (Å²) in [5, 5.41) is 1.25. The molecule has 3 nitrogen and oxygen atoms in total. The van der Waals surface area contributed by atoms with Crippen LogP contribution in [0.15, 0.2) is 24.3 Å². The number of nitrogens with one attached hydrogen (secondary N) is 1. The molecule has 1 aromatic heterocycles. The van der Waals surface area contributed by atoms with E-state index in [0.29, 0.717) is 0 Å². The number of rotatable bonds is 1. The third-order valence-electron chi connectivity index (χ3n) is 2.83. The van der Waals surface area contributed by atoms with Crippen LogP contribution in [0, 0.1) is 6.20 Å². The van der Waals surface area contributed by atoms with Gasteiger partial charge in [0.15, 0.2) is 0 Å². The molecule has 1 saturated heterocycles. The fourth-order valence-corrected chi connectivity index (χ4v) is 2.03. The van der Waals surface area contributed by atoms with Crippen LogP contribution in [0.5, 0.6) is 0 Å². The Hall–Kier alpha value is -1.48. The Balaban J connectivity index is 2.02. The number of para-hydroxylation sites is 1. The molecule has 3 heteroatoms. The van der Waals surface area contributed by atoms with E-state index in [1.807, 2.05) is 6.07 Å². The average molecular weight is 201 g/mol. The fraction of sp³-hybridized carbons (Fsp3) is 0.333. The van der Waals surface area contributed by atoms with Gasteiger partial charge in [-0.3, -0.25) is 0 Å². The maximum atomic E-state index is 5.34. The standard InChI is InChI=1S/C12H13N2O/c1-2-4-11-10(3-1)12(9-13-11)14-5-7-15-8-6-14/h1-4,13H,5-8H2. The SMILES string of the molecule is [c]1[nH]c2ccccc2c1N1CCOCC1. The molecule has 1 aromatic carbocycles. The number of aromatic amines is 1. The molecule has 0 spiro atoms. The summed E-state index contributed by atoms with van der Waals surface area (Å²) in [6.07, 6.45) is 3.23. The lowest BCUT2D eigenvalue weighted by atomic mass is 10.2. The number of hydrogen-bond donors (Lipinski definition) is 1. The number of nitrogens with zero attached hydrogens (tertiary/aromatic N) is 1. The zero-order valence-corrected chi connectivity index (χ0v) is 8.49. The predicted octanol–water partition coefficient (Wildman–Crippen LogP) is 1.80. The number of benzene rings is 1. The van der Waals surface area contributed by atoms with Crippen LogP contribution in [0.3, 0.4) is 0 Å². The maximum absolute atomic E-state index is 5.34. The molecule has 15 heavy (non-hydrogen) atoms. The fourth-order valence-electron chi connectivity index (χ4n) is 2.03. The second-order valence-electron chi connectivity index (χ2n) is 3.74. The predicted molar refractivity (Wildman–Crippen MR) is 60.2 cm³/mol. The second kappa shape index (κ2) is 3.59. The highest BCUT2D eigenvalue weighted by molar-refractivity contribution is 5.92. The lowest BCUT2D eigenvalue weighted by Gasteiger charge is -2.27. The maximum Gasteiger partial charge on any atom is 0.0890 e. The molecule has 2 aromatic rings. The number of hydrogen-bond acceptors (Lipinski definition) is 2. The van der Waals surface area contributed by atoms with E-state index in [4.69, 9.17) is 4.74 Å². The van der Waals surface area contributed by atoms with E-state index in [0.717, 1.165) is 31.8 Å². The third kappa shape index (κ3) is 1.49. The van der Waals surface area contributed by atoms with Gasteiger partial charge in [-0.1, -0.05) is 18.2 Å². The minimum atomic E-state index is 0.813. The van der Waals surface area contributed by atoms with E-state index in [1.165, 1.54) is 11.1 Å². The monoisotopic (exact) mass is 201 g/mol. The summed E-state index contributed by atoms with van der Waals surface area (Å²) in [6, 6.07) is 8.31. The van der Waals surface area contributed by atoms with Crippen molar-refractivity contribution in [1.82, 2.24) is 4.98 Å². The molecule has 0 atom stereocenters. The molecule has 77 valence electrons. The van der Waals surface area contributed by atoms with Crippen molar-refractivity contribution in [1.29, 1.82) is 0 Å². The van der Waals surface area contributed by atoms with Crippen LogP contribution >= 0.6 is 0 Å². The van der Waals surface area contributed by atoms with Crippen molar-refractivity contribution in [3.63, 3.8) is 0 Å². The number of ether oxygens (including phenoxy) is 1. The van der Waals surface area contributed by atoms with Crippen LogP contribution in [-0.4, -0.2) is 31.3 Å². The summed E-state index contributed by atoms with van der Waals surface area (Å²) in [4.78, 5) is 5.50. The Morgan fingerprint density at radius 3 is 2.87 bits per heavy atom. The molecule has 1 fully saturated rings. The van der Waals surface area contributed by atoms with Crippen molar-refractivity contribution in [2.75, 3.05) is 31.2 Å². The zero-order chi connectivity index (χ0) is 10.1. The Morgan fingerprint density at radius 1 is 1.20 bits per heavy atom. The van der Waals surface area contributed by atoms with Crippen LogP contribution in [-0.2, 0) is 4.74 Å². The molecule has 0 amide bonds. The first kappa shape index (κ1) is 8.80. The largest absolute Gasteiger partial charge is 0.378 e. The molecule has 2 heterocycles. The lowest BCUT2D eigenvalue weighted by Crippen LogP contribution is -2.36. The summed E-state index contributed by atoms with van der Waals surface area (Å²) >= 11 is 0. The summed E-state index contributed by atoms with van der Waals surface area (Å²) in [7, 11) is 0. The van der Waals surface area contributed by atoms with E-state index in [9.17, 15) is 0 Å². The van der Waals surface area contributed by atoms with Crippen LogP contribution in [0.25, 0.3) is 10.9 Å². The van der Waals surface area contributed by atoms with Crippen LogP contribution in [0.2, 0.25) is 0 Å². The van der Waals surface area contributed by atoms with Gasteiger partial charge in [0.2, 0.25) is 0 Å². The molecule has 1 aliphatic heterocycles. The Bertz CT molecular complexity index is 457. The average Bonchev–Trinajstić information content (AvgIpc) is 2.74. The lowest BCUT2D eigenvalue weighted by molar-refractivity contribution is 0.123. The summed E-state index contributed by atoms with van der Waals surface area (Å²) in [6.45, 7) is 3.54. The normalized spacial score (nSPS) is 17.2. The van der Waals surface area contributed by atoms with Gasteiger partial charge in [0.05, 0.1) is 25.1 Å². The van der Waals surface area contributed by atoms with Gasteiger partial charge in [-0.25, -0.2) is 0 Å². The van der Waals surface area contributed by atoms with E-state index in [1.54, 1.807) is 0 Å². The third-order valence-corrected chi connectivity index (χ3v) is 2.83. The van der Waals surface area contributed by atoms with Gasteiger partial charge in [-0.05, 0) is 6.07 Å². The Labute approximate surface area is 88.6 Å². The van der Waals surface area contributed by atoms with Crippen molar-refractivity contribution >= 4 is 16.6 Å². The molecular weight excluding hydrogens is 188 g/mol. The van der Waals surface area contributed by atoms with Crippen molar-refractivity contribution in [2.45, 2.75) is 0 Å². The van der Waals surface area contributed by atoms with Gasteiger partial charge >= 0.3 is 0 Å². The number of anilines is 1. The van der Waals surface area contributed by atoms with Crippen molar-refractivity contribution < 1.29 is 4.74 Å². The molecular formula is C12H13N2O. The van der Waals surface area contributed by atoms with Crippen LogP contribution in [0.4, 0.5) is 5.69 Å². The number of fused-ring (bicyclic) bond motifs is 1. The molecule has 1 N–H and O–H groups in total. The molecule has 1 radical (unpaired) electrons. The highest BCUT2D eigenvalue weighted by atomic mass is 16.5. The van der Waals surface area contributed by atoms with Gasteiger partial charge < -0.3 is 14.6 Å². The van der Waals surface area contributed by atoms with Gasteiger partial charge in [0.1, 0.15) is 0 Å². The quantitative estimate of drug-likeness (QED) is 0.762. The van der Waals surface area contributed by atoms with Gasteiger partial charge in [0.25, 0.3) is 0 Å². The second-order valence-corrected chi connectivity index (χ2v) is 3.74. The topological polar surface area (TPSA) is 28.3 Å². The van der Waals surface area contributed by atoms with E-state index >= 15 is 0 Å².